The van der Waals surface area contributed by atoms with Crippen LogP contribution in [0, 0.1) is 11.6 Å². The van der Waals surface area contributed by atoms with Gasteiger partial charge in [-0.05, 0) is 42.0 Å². The maximum absolute atomic E-state index is 13.5. The van der Waals surface area contributed by atoms with Crippen LogP contribution >= 0.6 is 0 Å². The predicted octanol–water partition coefficient (Wildman–Crippen LogP) is 2.55. The molecule has 0 aromatic heterocycles. The lowest BCUT2D eigenvalue weighted by atomic mass is 10.1. The number of nitrogens with two attached hydrogens (primary N) is 1. The molecular weight excluding hydrogens is 276 g/mol. The highest BCUT2D eigenvalue weighted by molar-refractivity contribution is 5.97. The normalized spacial score (nSPS) is 17.9. The molecule has 0 fully saturated rings. The van der Waals surface area contributed by atoms with E-state index in [0.29, 0.717) is 23.8 Å². The van der Waals surface area contributed by atoms with Gasteiger partial charge in [-0.3, -0.25) is 4.99 Å². The minimum absolute atomic E-state index is 0.287. The number of benzene rings is 2. The van der Waals surface area contributed by atoms with Gasteiger partial charge >= 0.3 is 0 Å². The number of phenols is 1. The topological polar surface area (TPSA) is 61.9 Å². The van der Waals surface area contributed by atoms with Crippen molar-refractivity contribution in [3.63, 3.8) is 0 Å². The minimum atomic E-state index is -0.697. The van der Waals surface area contributed by atoms with Gasteiger partial charge in [-0.2, -0.15) is 0 Å². The highest BCUT2D eigenvalue weighted by Crippen LogP contribution is 2.32. The number of aromatic hydroxyl groups is 1. The van der Waals surface area contributed by atoms with Crippen molar-refractivity contribution in [3.05, 3.63) is 59.7 Å². The van der Waals surface area contributed by atoms with Crippen LogP contribution in [0.5, 0.6) is 5.75 Å². The molecule has 1 unspecified atom stereocenters. The van der Waals surface area contributed by atoms with Crippen LogP contribution in [0.15, 0.2) is 47.5 Å². The third-order valence-electron chi connectivity index (χ3n) is 3.45. The van der Waals surface area contributed by atoms with Crippen LogP contribution in [0.3, 0.4) is 0 Å². The Labute approximate surface area is 120 Å². The Balaban J connectivity index is 1.98. The molecule has 0 saturated carbocycles. The summed E-state index contributed by atoms with van der Waals surface area (Å²) in [5.74, 6) is -1.16. The molecule has 0 bridgehead atoms. The van der Waals surface area contributed by atoms with E-state index >= 15 is 0 Å². The second kappa shape index (κ2) is 5.05. The lowest BCUT2D eigenvalue weighted by Gasteiger charge is -2.26. The minimum Gasteiger partial charge on any atom is -0.505 e. The first-order chi connectivity index (χ1) is 10.1. The van der Waals surface area contributed by atoms with Gasteiger partial charge in [-0.15, -0.1) is 0 Å². The number of halogens is 2. The summed E-state index contributed by atoms with van der Waals surface area (Å²) in [6.45, 7) is 0.368. The van der Waals surface area contributed by atoms with E-state index in [1.165, 1.54) is 24.3 Å². The van der Waals surface area contributed by atoms with Crippen molar-refractivity contribution in [1.82, 2.24) is 0 Å². The van der Waals surface area contributed by atoms with Crippen molar-refractivity contribution in [2.75, 3.05) is 11.4 Å². The Bertz CT molecular complexity index is 701. The number of rotatable bonds is 2. The van der Waals surface area contributed by atoms with Gasteiger partial charge in [0.1, 0.15) is 5.82 Å². The Morgan fingerprint density at radius 2 is 1.86 bits per heavy atom. The van der Waals surface area contributed by atoms with Gasteiger partial charge in [0, 0.05) is 5.69 Å². The van der Waals surface area contributed by atoms with Crippen molar-refractivity contribution < 1.29 is 13.9 Å². The van der Waals surface area contributed by atoms with Gasteiger partial charge in [0.15, 0.2) is 17.5 Å². The first kappa shape index (κ1) is 13.4. The van der Waals surface area contributed by atoms with Crippen LogP contribution < -0.4 is 10.6 Å². The van der Waals surface area contributed by atoms with Crippen molar-refractivity contribution in [2.24, 2.45) is 10.7 Å². The van der Waals surface area contributed by atoms with Crippen LogP contribution in [-0.4, -0.2) is 17.6 Å². The number of aliphatic imine (C=N–C) groups is 1. The van der Waals surface area contributed by atoms with E-state index in [2.05, 4.69) is 4.99 Å². The molecule has 0 radical (unpaired) electrons. The molecular formula is C15H13F2N3O. The van der Waals surface area contributed by atoms with E-state index in [4.69, 9.17) is 5.73 Å². The lowest BCUT2D eigenvalue weighted by Crippen LogP contribution is -2.36. The van der Waals surface area contributed by atoms with Crippen molar-refractivity contribution in [3.8, 4) is 5.75 Å². The van der Waals surface area contributed by atoms with E-state index in [1.807, 2.05) is 0 Å². The maximum Gasteiger partial charge on any atom is 0.196 e. The Kier molecular flexibility index (Phi) is 3.21. The summed E-state index contributed by atoms with van der Waals surface area (Å²) in [4.78, 5) is 5.88. The van der Waals surface area contributed by atoms with Crippen molar-refractivity contribution >= 4 is 11.6 Å². The van der Waals surface area contributed by atoms with Crippen LogP contribution in [0.25, 0.3) is 0 Å². The molecule has 1 heterocycles. The fraction of sp³-hybridized carbons (Fsp3) is 0.133. The van der Waals surface area contributed by atoms with E-state index in [9.17, 15) is 13.9 Å². The van der Waals surface area contributed by atoms with Crippen LogP contribution in [0.2, 0.25) is 0 Å². The van der Waals surface area contributed by atoms with Gasteiger partial charge < -0.3 is 15.7 Å². The second-order valence-electron chi connectivity index (χ2n) is 4.77. The molecule has 0 amide bonds. The highest BCUT2D eigenvalue weighted by Gasteiger charge is 2.29. The zero-order chi connectivity index (χ0) is 15.0. The average molecular weight is 289 g/mol. The molecule has 4 nitrogen and oxygen atoms in total. The van der Waals surface area contributed by atoms with Crippen LogP contribution in [-0.2, 0) is 0 Å². The fourth-order valence-corrected chi connectivity index (χ4v) is 2.40. The number of nitrogens with zero attached hydrogens (tertiary/aromatic N) is 2. The fourth-order valence-electron chi connectivity index (χ4n) is 2.40. The van der Waals surface area contributed by atoms with Gasteiger partial charge in [0.25, 0.3) is 0 Å². The number of anilines is 1. The van der Waals surface area contributed by atoms with Crippen LogP contribution in [0.4, 0.5) is 14.5 Å². The van der Waals surface area contributed by atoms with E-state index in [0.717, 1.165) is 0 Å². The van der Waals surface area contributed by atoms with Gasteiger partial charge in [-0.25, -0.2) is 8.78 Å². The molecule has 1 aliphatic rings. The molecule has 3 rings (SSSR count). The molecule has 1 atom stereocenters. The quantitative estimate of drug-likeness (QED) is 0.893. The predicted molar refractivity (Wildman–Crippen MR) is 76.2 cm³/mol. The number of hydrogen-bond donors (Lipinski definition) is 2. The second-order valence-corrected chi connectivity index (χ2v) is 4.77. The molecule has 0 saturated heterocycles. The standard InChI is InChI=1S/C15H13F2N3O/c16-10-2-4-11(5-3-10)20-13(8-19-15(20)18)9-1-6-14(21)12(17)7-9/h1-7,13,21H,8H2,(H2,18,19). The Hall–Kier alpha value is -2.63. The highest BCUT2D eigenvalue weighted by atomic mass is 19.1. The Morgan fingerprint density at radius 3 is 2.52 bits per heavy atom. The smallest absolute Gasteiger partial charge is 0.196 e. The van der Waals surface area contributed by atoms with Crippen molar-refractivity contribution in [1.29, 1.82) is 0 Å². The molecule has 0 aliphatic carbocycles. The zero-order valence-corrected chi connectivity index (χ0v) is 11.0. The summed E-state index contributed by atoms with van der Waals surface area (Å²) in [5.41, 5.74) is 7.20. The maximum atomic E-state index is 13.5. The average Bonchev–Trinajstić information content (AvgIpc) is 2.85. The summed E-state index contributed by atoms with van der Waals surface area (Å²) >= 11 is 0. The molecule has 21 heavy (non-hydrogen) atoms. The summed E-state index contributed by atoms with van der Waals surface area (Å²) in [7, 11) is 0. The molecule has 0 spiro atoms. The third-order valence-corrected chi connectivity index (χ3v) is 3.45. The number of phenolic OH excluding ortho intramolecular Hbond substituents is 1. The molecule has 108 valence electrons. The van der Waals surface area contributed by atoms with Gasteiger partial charge in [-0.1, -0.05) is 6.07 Å². The first-order valence-electron chi connectivity index (χ1n) is 6.39. The van der Waals surface area contributed by atoms with Crippen LogP contribution in [0.1, 0.15) is 11.6 Å². The number of guanidine groups is 1. The summed E-state index contributed by atoms with van der Waals surface area (Å²) in [6.07, 6.45) is 0. The largest absolute Gasteiger partial charge is 0.505 e. The van der Waals surface area contributed by atoms with E-state index < -0.39 is 11.6 Å². The monoisotopic (exact) mass is 289 g/mol. The van der Waals surface area contributed by atoms with E-state index in [1.54, 1.807) is 23.1 Å². The molecule has 1 aliphatic heterocycles. The molecule has 2 aromatic carbocycles. The lowest BCUT2D eigenvalue weighted by molar-refractivity contribution is 0.431. The first-order valence-corrected chi connectivity index (χ1v) is 6.39. The Morgan fingerprint density at radius 1 is 1.14 bits per heavy atom. The molecule has 2 aromatic rings. The van der Waals surface area contributed by atoms with E-state index in [-0.39, 0.29) is 11.9 Å². The third kappa shape index (κ3) is 2.40. The summed E-state index contributed by atoms with van der Waals surface area (Å²) in [6, 6.07) is 9.72. The SMILES string of the molecule is NC1=NCC(c2ccc(O)c(F)c2)N1c1ccc(F)cc1. The van der Waals surface area contributed by atoms with Crippen molar-refractivity contribution in [2.45, 2.75) is 6.04 Å². The summed E-state index contributed by atoms with van der Waals surface area (Å²) in [5, 5.41) is 9.27. The molecule has 6 heteroatoms. The summed E-state index contributed by atoms with van der Waals surface area (Å²) < 4.78 is 26.6. The molecule has 3 N–H and O–H groups in total. The number of hydrogen-bond acceptors (Lipinski definition) is 4. The zero-order valence-electron chi connectivity index (χ0n) is 11.0. The van der Waals surface area contributed by atoms with Gasteiger partial charge in [0.2, 0.25) is 0 Å². The van der Waals surface area contributed by atoms with Gasteiger partial charge in [0.05, 0.1) is 12.6 Å².